The van der Waals surface area contributed by atoms with E-state index in [1.165, 1.54) is 0 Å². The van der Waals surface area contributed by atoms with Crippen molar-refractivity contribution in [3.63, 3.8) is 0 Å². The summed E-state index contributed by atoms with van der Waals surface area (Å²) in [5.41, 5.74) is 0. The van der Waals surface area contributed by atoms with Gasteiger partial charge in [-0.25, -0.2) is 19.6 Å². The molecule has 3 heterocycles. The van der Waals surface area contributed by atoms with Crippen molar-refractivity contribution in [1.82, 2.24) is 35.0 Å². The molecule has 1 aliphatic heterocycles. The predicted octanol–water partition coefficient (Wildman–Crippen LogP) is 7.45. The summed E-state index contributed by atoms with van der Waals surface area (Å²) in [6, 6.07) is 0. The number of unbranched alkanes of at least 4 members (excludes halogenated alkanes) is 1. The molecule has 0 amide bonds. The average molecular weight is 643 g/mol. The second-order valence-electron chi connectivity index (χ2n) is 7.33. The van der Waals surface area contributed by atoms with Crippen molar-refractivity contribution >= 4 is 88.6 Å². The fourth-order valence-electron chi connectivity index (χ4n) is 2.83. The topological polar surface area (TPSA) is 151 Å². The lowest BCUT2D eigenvalue weighted by molar-refractivity contribution is 0.745. The Morgan fingerprint density at radius 2 is 1.51 bits per heavy atom. The van der Waals surface area contributed by atoms with Crippen LogP contribution in [0.5, 0.6) is 0 Å². The molecular formula is C15H24Cl5N12P3. The van der Waals surface area contributed by atoms with Crippen molar-refractivity contribution in [3.05, 3.63) is 22.2 Å². The molecule has 0 aromatic carbocycles. The van der Waals surface area contributed by atoms with Gasteiger partial charge in [0.25, 0.3) is 0 Å². The second-order valence-corrected chi connectivity index (χ2v) is 19.8. The van der Waals surface area contributed by atoms with Crippen LogP contribution in [0.4, 0.5) is 11.9 Å². The fraction of sp³-hybridized carbons (Fsp3) is 0.600. The van der Waals surface area contributed by atoms with Crippen LogP contribution >= 0.6 is 76.7 Å². The van der Waals surface area contributed by atoms with Crippen LogP contribution in [0.15, 0.2) is 13.5 Å². The summed E-state index contributed by atoms with van der Waals surface area (Å²) < 4.78 is 13.7. The highest BCUT2D eigenvalue weighted by Gasteiger charge is 2.31. The van der Waals surface area contributed by atoms with Crippen LogP contribution in [-0.2, 0) is 6.42 Å². The Hall–Kier alpha value is -0.280. The monoisotopic (exact) mass is 640 g/mol. The zero-order valence-corrected chi connectivity index (χ0v) is 25.5. The number of halogens is 5. The predicted molar refractivity (Wildman–Crippen MR) is 150 cm³/mol. The van der Waals surface area contributed by atoms with E-state index in [-0.39, 0.29) is 23.2 Å². The van der Waals surface area contributed by atoms with Gasteiger partial charge in [-0.1, -0.05) is 35.8 Å². The molecular weight excluding hydrogens is 618 g/mol. The maximum atomic E-state index is 6.85. The molecule has 1 aliphatic rings. The van der Waals surface area contributed by atoms with E-state index in [0.29, 0.717) is 30.3 Å². The Morgan fingerprint density at radius 1 is 0.829 bits per heavy atom. The van der Waals surface area contributed by atoms with Gasteiger partial charge in [0, 0.05) is 25.8 Å². The highest BCUT2D eigenvalue weighted by molar-refractivity contribution is 8.08. The van der Waals surface area contributed by atoms with Gasteiger partial charge >= 0.3 is 0 Å². The smallest absolute Gasteiger partial charge is 0.236 e. The van der Waals surface area contributed by atoms with Gasteiger partial charge in [0.05, 0.1) is 6.67 Å². The van der Waals surface area contributed by atoms with Crippen LogP contribution in [0, 0.1) is 6.92 Å². The first-order valence-electron chi connectivity index (χ1n) is 10.4. The first-order chi connectivity index (χ1) is 16.4. The molecule has 12 nitrogen and oxygen atoms in total. The minimum absolute atomic E-state index is 0.0793. The van der Waals surface area contributed by atoms with Crippen LogP contribution in [0.2, 0.25) is 10.6 Å². The lowest BCUT2D eigenvalue weighted by Gasteiger charge is -2.26. The lowest BCUT2D eigenvalue weighted by Crippen LogP contribution is -2.19. The van der Waals surface area contributed by atoms with Gasteiger partial charge < -0.3 is 10.6 Å². The second kappa shape index (κ2) is 12.5. The maximum Gasteiger partial charge on any atom is 0.236 e. The Bertz CT molecular complexity index is 1220. The molecule has 3 N–H and O–H groups in total. The normalized spacial score (nSPS) is 25.8. The molecule has 0 spiro atoms. The third-order valence-corrected chi connectivity index (χ3v) is 17.1. The molecule has 0 fully saturated rings. The van der Waals surface area contributed by atoms with Crippen LogP contribution in [0.1, 0.15) is 31.4 Å². The summed E-state index contributed by atoms with van der Waals surface area (Å²) in [5.74, 6) is 1.76. The summed E-state index contributed by atoms with van der Waals surface area (Å²) in [6.07, 6.45) is 3.07. The molecule has 0 bridgehead atoms. The Labute approximate surface area is 228 Å². The number of nitrogens with one attached hydrogen (secondary N) is 3. The van der Waals surface area contributed by atoms with Gasteiger partial charge in [-0.15, -0.1) is 0 Å². The van der Waals surface area contributed by atoms with E-state index >= 15 is 0 Å². The summed E-state index contributed by atoms with van der Waals surface area (Å²) in [4.78, 5) is 24.8. The van der Waals surface area contributed by atoms with Gasteiger partial charge in [0.1, 0.15) is 11.6 Å². The number of nitrogens with zero attached hydrogens (tertiary/aromatic N) is 9. The molecule has 3 rings (SSSR count). The zero-order valence-electron chi connectivity index (χ0n) is 19.0. The van der Waals surface area contributed by atoms with Crippen LogP contribution in [0.3, 0.4) is 0 Å². The highest BCUT2D eigenvalue weighted by Crippen LogP contribution is 2.81. The maximum absolute atomic E-state index is 6.85. The Balaban J connectivity index is 1.68. The van der Waals surface area contributed by atoms with Crippen molar-refractivity contribution in [3.8, 4) is 0 Å². The van der Waals surface area contributed by atoms with E-state index in [1.54, 1.807) is 13.6 Å². The molecule has 2 aromatic rings. The summed E-state index contributed by atoms with van der Waals surface area (Å²) >= 11 is 32.1. The first kappa shape index (κ1) is 29.3. The van der Waals surface area contributed by atoms with E-state index in [0.717, 1.165) is 19.3 Å². The molecule has 3 unspecified atom stereocenters. The lowest BCUT2D eigenvalue weighted by atomic mass is 10.2. The molecule has 3 atom stereocenters. The number of anilines is 2. The Morgan fingerprint density at radius 3 is 2.20 bits per heavy atom. The number of hydrogen-bond acceptors (Lipinski definition) is 12. The Kier molecular flexibility index (Phi) is 10.5. The van der Waals surface area contributed by atoms with Gasteiger partial charge in [0.15, 0.2) is 13.1 Å². The third-order valence-electron chi connectivity index (χ3n) is 4.17. The fourth-order valence-corrected chi connectivity index (χ4v) is 19.2. The van der Waals surface area contributed by atoms with Crippen LogP contribution in [-0.4, -0.2) is 55.9 Å². The molecule has 0 saturated heterocycles. The minimum Gasteiger partial charge on any atom is -0.354 e. The van der Waals surface area contributed by atoms with E-state index < -0.39 is 19.8 Å². The number of aromatic nitrogens is 6. The van der Waals surface area contributed by atoms with E-state index in [1.807, 2.05) is 0 Å². The number of hydrogen-bond donors (Lipinski definition) is 3. The number of rotatable bonds is 11. The van der Waals surface area contributed by atoms with Crippen LogP contribution < -0.4 is 15.7 Å². The summed E-state index contributed by atoms with van der Waals surface area (Å²) in [5, 5.41) is 9.38. The van der Waals surface area contributed by atoms with Gasteiger partial charge in [-0.05, 0) is 47.8 Å². The molecule has 35 heavy (non-hydrogen) atoms. The molecule has 194 valence electrons. The van der Waals surface area contributed by atoms with E-state index in [4.69, 9.17) is 56.9 Å². The van der Waals surface area contributed by atoms with E-state index in [2.05, 4.69) is 66.1 Å². The zero-order chi connectivity index (χ0) is 25.7. The molecule has 0 saturated carbocycles. The third kappa shape index (κ3) is 9.51. The minimum atomic E-state index is -2.95. The van der Waals surface area contributed by atoms with Gasteiger partial charge in [-0.3, -0.25) is 0 Å². The summed E-state index contributed by atoms with van der Waals surface area (Å²) in [7, 11) is 0. The largest absolute Gasteiger partial charge is 0.354 e. The molecule has 2 aromatic heterocycles. The average Bonchev–Trinajstić information content (AvgIpc) is 2.69. The van der Waals surface area contributed by atoms with E-state index in [9.17, 15) is 0 Å². The van der Waals surface area contributed by atoms with Crippen molar-refractivity contribution in [2.45, 2.75) is 33.1 Å². The standard InChI is InChI=1S/C15H24Cl5N12P3/c1-4-5-6-11-26-13(17)29-14(27-11)21-7-8-34(19)30-33(3,18)31-35(20,32-34)23-9-22-15-25-10(2)24-12(16)28-15/h23H,4-9H2,1-3H3,(H,21,26,27,29)(H,22,24,25,28). The first-order valence-corrected chi connectivity index (χ1v) is 19.6. The number of aryl methyl sites for hydroxylation is 2. The SMILES string of the molecule is CCCCc1nc(Cl)nc(NCCP2(Cl)=NP(Cl)(NCNc3nc(C)nc(Cl)n3)=NP(C)(Cl)=N2)n1. The quantitative estimate of drug-likeness (QED) is 0.168. The summed E-state index contributed by atoms with van der Waals surface area (Å²) in [6.45, 7) is -2.29. The highest BCUT2D eigenvalue weighted by atomic mass is 35.7. The molecule has 20 heteroatoms. The van der Waals surface area contributed by atoms with Gasteiger partial charge in [-0.2, -0.15) is 29.0 Å². The van der Waals surface area contributed by atoms with Crippen molar-refractivity contribution in [2.24, 2.45) is 13.5 Å². The molecule has 0 aliphatic carbocycles. The van der Waals surface area contributed by atoms with Crippen molar-refractivity contribution in [2.75, 3.05) is 36.7 Å². The van der Waals surface area contributed by atoms with Crippen molar-refractivity contribution < 1.29 is 0 Å². The van der Waals surface area contributed by atoms with Crippen molar-refractivity contribution in [1.29, 1.82) is 0 Å². The van der Waals surface area contributed by atoms with Gasteiger partial charge in [0.2, 0.25) is 29.2 Å². The molecule has 0 radical (unpaired) electrons. The van der Waals surface area contributed by atoms with Crippen LogP contribution in [0.25, 0.3) is 0 Å².